The molecule has 0 aromatic carbocycles. The topological polar surface area (TPSA) is 91.6 Å². The fourth-order valence-electron chi connectivity index (χ4n) is 4.04. The molecule has 0 bridgehead atoms. The zero-order chi connectivity index (χ0) is 18.4. The number of nitrogens with one attached hydrogen (secondary N) is 1. The zero-order valence-electron chi connectivity index (χ0n) is 15.3. The Morgan fingerprint density at radius 3 is 2.69 bits per heavy atom. The van der Waals surface area contributed by atoms with Crippen molar-refractivity contribution in [1.82, 2.24) is 20.1 Å². The molecule has 2 aliphatic heterocycles. The van der Waals surface area contributed by atoms with Crippen LogP contribution in [0.5, 0.6) is 0 Å². The molecule has 2 saturated heterocycles. The first-order valence-electron chi connectivity index (χ1n) is 9.54. The summed E-state index contributed by atoms with van der Waals surface area (Å²) in [6.45, 7) is 4.54. The number of hydrogen-bond acceptors (Lipinski definition) is 5. The summed E-state index contributed by atoms with van der Waals surface area (Å²) in [7, 11) is 0. The third-order valence-corrected chi connectivity index (χ3v) is 5.45. The molecule has 7 heteroatoms. The number of amides is 2. The predicted octanol–water partition coefficient (Wildman–Crippen LogP) is 0.360. The van der Waals surface area contributed by atoms with Crippen LogP contribution in [-0.4, -0.2) is 65.4 Å². The predicted molar refractivity (Wildman–Crippen MR) is 99.0 cm³/mol. The van der Waals surface area contributed by atoms with Gasteiger partial charge in [0.15, 0.2) is 0 Å². The first-order chi connectivity index (χ1) is 12.6. The summed E-state index contributed by atoms with van der Waals surface area (Å²) in [5.41, 5.74) is 6.17. The van der Waals surface area contributed by atoms with Gasteiger partial charge in [-0.3, -0.25) is 24.4 Å². The molecule has 1 aromatic rings. The number of likely N-dealkylation sites (tertiary alicyclic amines) is 2. The van der Waals surface area contributed by atoms with Crippen molar-refractivity contribution in [2.75, 3.05) is 32.7 Å². The van der Waals surface area contributed by atoms with Crippen LogP contribution in [0.3, 0.4) is 0 Å². The van der Waals surface area contributed by atoms with Crippen molar-refractivity contribution in [1.29, 1.82) is 0 Å². The average molecular weight is 359 g/mol. The molecular weight excluding hydrogens is 330 g/mol. The van der Waals surface area contributed by atoms with Crippen LogP contribution >= 0.6 is 0 Å². The lowest BCUT2D eigenvalue weighted by Gasteiger charge is -2.41. The van der Waals surface area contributed by atoms with E-state index in [9.17, 15) is 9.59 Å². The lowest BCUT2D eigenvalue weighted by atomic mass is 9.93. The van der Waals surface area contributed by atoms with Gasteiger partial charge in [-0.2, -0.15) is 0 Å². The van der Waals surface area contributed by atoms with Crippen LogP contribution < -0.4 is 11.1 Å². The van der Waals surface area contributed by atoms with Gasteiger partial charge in [-0.15, -0.1) is 0 Å². The van der Waals surface area contributed by atoms with Gasteiger partial charge in [-0.05, 0) is 44.4 Å². The van der Waals surface area contributed by atoms with Crippen molar-refractivity contribution in [2.24, 2.45) is 11.7 Å². The number of primary amides is 1. The van der Waals surface area contributed by atoms with Gasteiger partial charge >= 0.3 is 0 Å². The molecule has 7 nitrogen and oxygen atoms in total. The maximum atomic E-state index is 12.5. The number of hydrogen-bond donors (Lipinski definition) is 2. The van der Waals surface area contributed by atoms with Crippen molar-refractivity contribution in [3.63, 3.8) is 0 Å². The van der Waals surface area contributed by atoms with E-state index < -0.39 is 0 Å². The zero-order valence-corrected chi connectivity index (χ0v) is 15.3. The molecule has 0 aliphatic carbocycles. The Morgan fingerprint density at radius 1 is 1.19 bits per heavy atom. The number of nitrogens with two attached hydrogens (primary N) is 1. The summed E-state index contributed by atoms with van der Waals surface area (Å²) in [5.74, 6) is -0.0753. The second kappa shape index (κ2) is 9.09. The molecule has 1 atom stereocenters. The lowest BCUT2D eigenvalue weighted by molar-refractivity contribution is -0.127. The van der Waals surface area contributed by atoms with Gasteiger partial charge in [0, 0.05) is 31.9 Å². The van der Waals surface area contributed by atoms with Crippen molar-refractivity contribution >= 4 is 11.8 Å². The normalized spacial score (nSPS) is 22.8. The molecule has 1 aromatic heterocycles. The average Bonchev–Trinajstić information content (AvgIpc) is 2.67. The highest BCUT2D eigenvalue weighted by Gasteiger charge is 2.31. The second-order valence-electron chi connectivity index (χ2n) is 7.35. The number of carbonyl (C=O) groups is 2. The number of nitrogens with zero attached hydrogens (tertiary/aromatic N) is 3. The van der Waals surface area contributed by atoms with Crippen LogP contribution in [0.15, 0.2) is 24.4 Å². The fraction of sp³-hybridized carbons (Fsp3) is 0.632. The number of aromatic nitrogens is 1. The van der Waals surface area contributed by atoms with Crippen LogP contribution in [0, 0.1) is 5.92 Å². The molecule has 0 saturated carbocycles. The van der Waals surface area contributed by atoms with E-state index in [1.807, 2.05) is 18.2 Å². The van der Waals surface area contributed by atoms with Gasteiger partial charge in [0.2, 0.25) is 11.8 Å². The Hall–Kier alpha value is -1.99. The van der Waals surface area contributed by atoms with Gasteiger partial charge in [0.25, 0.3) is 0 Å². The fourth-order valence-corrected chi connectivity index (χ4v) is 4.04. The largest absolute Gasteiger partial charge is 0.369 e. The number of rotatable bonds is 6. The van der Waals surface area contributed by atoms with E-state index in [2.05, 4.69) is 20.1 Å². The van der Waals surface area contributed by atoms with E-state index in [-0.39, 0.29) is 17.7 Å². The molecule has 2 amide bonds. The summed E-state index contributed by atoms with van der Waals surface area (Å²) < 4.78 is 0. The smallest absolute Gasteiger partial charge is 0.231 e. The van der Waals surface area contributed by atoms with Crippen LogP contribution in [0.2, 0.25) is 0 Å². The van der Waals surface area contributed by atoms with E-state index in [1.165, 1.54) is 0 Å². The Kier molecular flexibility index (Phi) is 6.57. The van der Waals surface area contributed by atoms with Gasteiger partial charge in [0.05, 0.1) is 24.7 Å². The van der Waals surface area contributed by atoms with Gasteiger partial charge in [0.1, 0.15) is 0 Å². The van der Waals surface area contributed by atoms with Gasteiger partial charge in [-0.25, -0.2) is 0 Å². The molecular formula is C19H29N5O2. The number of pyridine rings is 1. The van der Waals surface area contributed by atoms with Crippen molar-refractivity contribution < 1.29 is 9.59 Å². The molecule has 1 unspecified atom stereocenters. The maximum absolute atomic E-state index is 12.5. The molecule has 3 rings (SSSR count). The third-order valence-electron chi connectivity index (χ3n) is 5.45. The minimum Gasteiger partial charge on any atom is -0.369 e. The quantitative estimate of drug-likeness (QED) is 0.765. The molecule has 26 heavy (non-hydrogen) atoms. The Balaban J connectivity index is 1.45. The molecule has 3 N–H and O–H groups in total. The molecule has 0 spiro atoms. The highest BCUT2D eigenvalue weighted by molar-refractivity contribution is 5.79. The minimum absolute atomic E-state index is 0.0520. The monoisotopic (exact) mass is 359 g/mol. The molecule has 0 radical (unpaired) electrons. The standard InChI is InChI=1S/C19H29N5O2/c20-18(25)14-23-10-6-17(7-11-23)24-9-3-4-15(13-24)19(26)22-12-16-5-1-2-8-21-16/h1-2,5,8,15,17H,3-4,6-7,9-14H2,(H2,20,25)(H,22,26). The lowest BCUT2D eigenvalue weighted by Crippen LogP contribution is -2.51. The van der Waals surface area contributed by atoms with E-state index in [0.717, 1.165) is 57.6 Å². The third kappa shape index (κ3) is 5.25. The van der Waals surface area contributed by atoms with Crippen LogP contribution in [0.4, 0.5) is 0 Å². The van der Waals surface area contributed by atoms with Gasteiger partial charge < -0.3 is 11.1 Å². The highest BCUT2D eigenvalue weighted by atomic mass is 16.2. The number of carbonyl (C=O) groups excluding carboxylic acids is 2. The van der Waals surface area contributed by atoms with Crippen LogP contribution in [0.1, 0.15) is 31.4 Å². The highest BCUT2D eigenvalue weighted by Crippen LogP contribution is 2.24. The summed E-state index contributed by atoms with van der Waals surface area (Å²) in [6.07, 6.45) is 5.83. The van der Waals surface area contributed by atoms with Crippen molar-refractivity contribution in [3.05, 3.63) is 30.1 Å². The van der Waals surface area contributed by atoms with Gasteiger partial charge in [-0.1, -0.05) is 6.07 Å². The second-order valence-corrected chi connectivity index (χ2v) is 7.35. The summed E-state index contributed by atoms with van der Waals surface area (Å²) in [4.78, 5) is 32.4. The summed E-state index contributed by atoms with van der Waals surface area (Å²) in [6, 6.07) is 6.24. The summed E-state index contributed by atoms with van der Waals surface area (Å²) >= 11 is 0. The minimum atomic E-state index is -0.258. The molecule has 2 fully saturated rings. The van der Waals surface area contributed by atoms with Crippen LogP contribution in [0.25, 0.3) is 0 Å². The molecule has 2 aliphatic rings. The van der Waals surface area contributed by atoms with E-state index >= 15 is 0 Å². The number of piperidine rings is 2. The Labute approximate surface area is 154 Å². The van der Waals surface area contributed by atoms with E-state index in [0.29, 0.717) is 19.1 Å². The van der Waals surface area contributed by atoms with Crippen molar-refractivity contribution in [2.45, 2.75) is 38.3 Å². The Bertz CT molecular complexity index is 601. The van der Waals surface area contributed by atoms with Crippen molar-refractivity contribution in [3.8, 4) is 0 Å². The molecule has 142 valence electrons. The maximum Gasteiger partial charge on any atom is 0.231 e. The molecule has 3 heterocycles. The van der Waals surface area contributed by atoms with E-state index in [4.69, 9.17) is 5.73 Å². The van der Waals surface area contributed by atoms with E-state index in [1.54, 1.807) is 6.20 Å². The van der Waals surface area contributed by atoms with Crippen LogP contribution in [-0.2, 0) is 16.1 Å². The Morgan fingerprint density at radius 2 is 2.00 bits per heavy atom. The summed E-state index contributed by atoms with van der Waals surface area (Å²) in [5, 5.41) is 3.03. The SMILES string of the molecule is NC(=O)CN1CCC(N2CCCC(C(=O)NCc3ccccn3)C2)CC1. The first-order valence-corrected chi connectivity index (χ1v) is 9.54. The first kappa shape index (κ1) is 18.8.